The highest BCUT2D eigenvalue weighted by molar-refractivity contribution is 6.04. The molecule has 5 heteroatoms. The van der Waals surface area contributed by atoms with Gasteiger partial charge in [0.1, 0.15) is 6.04 Å². The van der Waals surface area contributed by atoms with Gasteiger partial charge in [-0.2, -0.15) is 0 Å². The molecule has 2 unspecified atom stereocenters. The van der Waals surface area contributed by atoms with Crippen LogP contribution in [0.15, 0.2) is 0 Å². The average molecular weight is 226 g/mol. The number of urea groups is 1. The topological polar surface area (TPSA) is 58.6 Å². The first-order chi connectivity index (χ1) is 7.74. The minimum atomic E-state index is -0.312. The molecule has 0 bridgehead atoms. The molecule has 2 aliphatic heterocycles. The standard InChI is InChI=1S/C11H18N2O3/c1-2-3-4-9-10(14)13(11(15)12-9)8-5-6-16-7-8/h8-9H,2-7H2,1H3,(H,12,15). The molecule has 1 N–H and O–H groups in total. The third-order valence-electron chi connectivity index (χ3n) is 3.17. The molecule has 2 rings (SSSR count). The molecule has 0 aromatic carbocycles. The van der Waals surface area contributed by atoms with E-state index in [1.54, 1.807) is 0 Å². The van der Waals surface area contributed by atoms with Gasteiger partial charge < -0.3 is 10.1 Å². The van der Waals surface area contributed by atoms with E-state index in [4.69, 9.17) is 4.74 Å². The molecular formula is C11H18N2O3. The van der Waals surface area contributed by atoms with E-state index in [1.807, 2.05) is 0 Å². The van der Waals surface area contributed by atoms with Crippen LogP contribution in [0, 0.1) is 0 Å². The van der Waals surface area contributed by atoms with Crippen molar-refractivity contribution in [2.24, 2.45) is 0 Å². The summed E-state index contributed by atoms with van der Waals surface area (Å²) in [5, 5.41) is 2.75. The van der Waals surface area contributed by atoms with Crippen LogP contribution in [0.2, 0.25) is 0 Å². The van der Waals surface area contributed by atoms with Crippen molar-refractivity contribution < 1.29 is 14.3 Å². The molecule has 0 aromatic heterocycles. The average Bonchev–Trinajstić information content (AvgIpc) is 2.85. The summed E-state index contributed by atoms with van der Waals surface area (Å²) in [6.07, 6.45) is 3.50. The van der Waals surface area contributed by atoms with Gasteiger partial charge in [-0.05, 0) is 12.8 Å². The number of imide groups is 1. The van der Waals surface area contributed by atoms with Crippen molar-refractivity contribution in [3.05, 3.63) is 0 Å². The predicted octanol–water partition coefficient (Wildman–Crippen LogP) is 0.886. The van der Waals surface area contributed by atoms with Gasteiger partial charge in [-0.15, -0.1) is 0 Å². The lowest BCUT2D eigenvalue weighted by Crippen LogP contribution is -2.41. The van der Waals surface area contributed by atoms with Crippen LogP contribution in [0.3, 0.4) is 0 Å². The fourth-order valence-corrected chi connectivity index (χ4v) is 2.22. The first kappa shape index (κ1) is 11.4. The zero-order valence-electron chi connectivity index (χ0n) is 9.57. The molecule has 2 heterocycles. The molecule has 90 valence electrons. The number of nitrogens with zero attached hydrogens (tertiary/aromatic N) is 1. The Hall–Kier alpha value is -1.10. The number of nitrogens with one attached hydrogen (secondary N) is 1. The van der Waals surface area contributed by atoms with E-state index in [2.05, 4.69) is 12.2 Å². The molecular weight excluding hydrogens is 208 g/mol. The third-order valence-corrected chi connectivity index (χ3v) is 3.17. The zero-order chi connectivity index (χ0) is 11.5. The maximum atomic E-state index is 12.0. The SMILES string of the molecule is CCCCC1NC(=O)N(C2CCOC2)C1=O. The second-order valence-electron chi connectivity index (χ2n) is 4.37. The van der Waals surface area contributed by atoms with Crippen LogP contribution in [0.1, 0.15) is 32.6 Å². The Balaban J connectivity index is 1.98. The molecule has 2 fully saturated rings. The summed E-state index contributed by atoms with van der Waals surface area (Å²) in [6, 6.07) is -0.617. The number of ether oxygens (including phenoxy) is 1. The minimum absolute atomic E-state index is 0.0564. The van der Waals surface area contributed by atoms with E-state index >= 15 is 0 Å². The molecule has 0 aliphatic carbocycles. The normalized spacial score (nSPS) is 29.9. The maximum Gasteiger partial charge on any atom is 0.325 e. The second kappa shape index (κ2) is 4.82. The summed E-state index contributed by atoms with van der Waals surface area (Å²) in [4.78, 5) is 25.0. The highest BCUT2D eigenvalue weighted by atomic mass is 16.5. The maximum absolute atomic E-state index is 12.0. The van der Waals surface area contributed by atoms with Gasteiger partial charge in [-0.1, -0.05) is 19.8 Å². The van der Waals surface area contributed by atoms with Crippen LogP contribution in [0.25, 0.3) is 0 Å². The fourth-order valence-electron chi connectivity index (χ4n) is 2.22. The van der Waals surface area contributed by atoms with E-state index < -0.39 is 0 Å². The van der Waals surface area contributed by atoms with Crippen LogP contribution >= 0.6 is 0 Å². The second-order valence-corrected chi connectivity index (χ2v) is 4.37. The van der Waals surface area contributed by atoms with Gasteiger partial charge in [0, 0.05) is 6.61 Å². The summed E-state index contributed by atoms with van der Waals surface area (Å²) in [5.74, 6) is -0.0750. The van der Waals surface area contributed by atoms with Gasteiger partial charge in [-0.25, -0.2) is 4.79 Å². The Labute approximate surface area is 95.1 Å². The van der Waals surface area contributed by atoms with Gasteiger partial charge in [0.25, 0.3) is 5.91 Å². The molecule has 0 spiro atoms. The summed E-state index contributed by atoms with van der Waals surface area (Å²) in [5.41, 5.74) is 0. The summed E-state index contributed by atoms with van der Waals surface area (Å²) >= 11 is 0. The van der Waals surface area contributed by atoms with Crippen molar-refractivity contribution in [2.45, 2.75) is 44.7 Å². The lowest BCUT2D eigenvalue weighted by Gasteiger charge is -2.18. The highest BCUT2D eigenvalue weighted by Crippen LogP contribution is 2.20. The van der Waals surface area contributed by atoms with Gasteiger partial charge in [0.05, 0.1) is 12.6 Å². The number of hydrogen-bond acceptors (Lipinski definition) is 3. The monoisotopic (exact) mass is 226 g/mol. The predicted molar refractivity (Wildman–Crippen MR) is 57.9 cm³/mol. The minimum Gasteiger partial charge on any atom is -0.379 e. The van der Waals surface area contributed by atoms with Gasteiger partial charge >= 0.3 is 6.03 Å². The molecule has 0 saturated carbocycles. The Morgan fingerprint density at radius 2 is 2.31 bits per heavy atom. The first-order valence-electron chi connectivity index (χ1n) is 5.95. The lowest BCUT2D eigenvalue weighted by molar-refractivity contribution is -0.129. The molecule has 2 atom stereocenters. The summed E-state index contributed by atoms with van der Waals surface area (Å²) in [7, 11) is 0. The van der Waals surface area contributed by atoms with Crippen molar-refractivity contribution in [3.63, 3.8) is 0 Å². The molecule has 16 heavy (non-hydrogen) atoms. The fraction of sp³-hybridized carbons (Fsp3) is 0.818. The van der Waals surface area contributed by atoms with Crippen LogP contribution in [0.5, 0.6) is 0 Å². The first-order valence-corrected chi connectivity index (χ1v) is 5.95. The van der Waals surface area contributed by atoms with Crippen molar-refractivity contribution >= 4 is 11.9 Å². The largest absolute Gasteiger partial charge is 0.379 e. The number of carbonyl (C=O) groups excluding carboxylic acids is 2. The molecule has 3 amide bonds. The van der Waals surface area contributed by atoms with E-state index in [1.165, 1.54) is 4.90 Å². The molecule has 2 aliphatic rings. The van der Waals surface area contributed by atoms with Crippen LogP contribution in [-0.4, -0.2) is 42.1 Å². The Bertz CT molecular complexity index is 287. The quantitative estimate of drug-likeness (QED) is 0.724. The van der Waals surface area contributed by atoms with E-state index in [0.717, 1.165) is 25.7 Å². The van der Waals surface area contributed by atoms with E-state index in [0.29, 0.717) is 13.2 Å². The Morgan fingerprint density at radius 1 is 1.50 bits per heavy atom. The van der Waals surface area contributed by atoms with Crippen molar-refractivity contribution in [1.29, 1.82) is 0 Å². The van der Waals surface area contributed by atoms with Crippen LogP contribution < -0.4 is 5.32 Å². The smallest absolute Gasteiger partial charge is 0.325 e. The molecule has 0 radical (unpaired) electrons. The van der Waals surface area contributed by atoms with Gasteiger partial charge in [0.2, 0.25) is 0 Å². The number of amides is 3. The molecule has 0 aromatic rings. The Kier molecular flexibility index (Phi) is 3.43. The number of rotatable bonds is 4. The summed E-state index contributed by atoms with van der Waals surface area (Å²) < 4.78 is 5.21. The highest BCUT2D eigenvalue weighted by Gasteiger charge is 2.42. The third kappa shape index (κ3) is 2.04. The van der Waals surface area contributed by atoms with E-state index in [-0.39, 0.29) is 24.0 Å². The number of hydrogen-bond donors (Lipinski definition) is 1. The van der Waals surface area contributed by atoms with Crippen molar-refractivity contribution in [3.8, 4) is 0 Å². The van der Waals surface area contributed by atoms with Crippen molar-refractivity contribution in [1.82, 2.24) is 10.2 Å². The number of carbonyl (C=O) groups is 2. The van der Waals surface area contributed by atoms with Crippen LogP contribution in [0.4, 0.5) is 4.79 Å². The molecule has 2 saturated heterocycles. The van der Waals surface area contributed by atoms with Crippen molar-refractivity contribution in [2.75, 3.05) is 13.2 Å². The summed E-state index contributed by atoms with van der Waals surface area (Å²) in [6.45, 7) is 3.20. The van der Waals surface area contributed by atoms with Gasteiger partial charge in [0.15, 0.2) is 0 Å². The Morgan fingerprint density at radius 3 is 2.94 bits per heavy atom. The lowest BCUT2D eigenvalue weighted by atomic mass is 10.1. The van der Waals surface area contributed by atoms with E-state index in [9.17, 15) is 9.59 Å². The molecule has 5 nitrogen and oxygen atoms in total. The van der Waals surface area contributed by atoms with Gasteiger partial charge in [-0.3, -0.25) is 9.69 Å². The zero-order valence-corrected chi connectivity index (χ0v) is 9.57. The number of unbranched alkanes of at least 4 members (excludes halogenated alkanes) is 1. The van der Waals surface area contributed by atoms with Crippen LogP contribution in [-0.2, 0) is 9.53 Å².